The lowest BCUT2D eigenvalue weighted by molar-refractivity contribution is -0.143. The summed E-state index contributed by atoms with van der Waals surface area (Å²) in [6.07, 6.45) is -0.768. The van der Waals surface area contributed by atoms with Gasteiger partial charge in [0.15, 0.2) is 0 Å². The van der Waals surface area contributed by atoms with Gasteiger partial charge in [0.1, 0.15) is 17.5 Å². The molecule has 0 aliphatic rings. The molecule has 5 nitrogen and oxygen atoms in total. The van der Waals surface area contributed by atoms with E-state index in [1.807, 2.05) is 6.92 Å². The van der Waals surface area contributed by atoms with Crippen molar-refractivity contribution in [1.82, 2.24) is 5.32 Å². The predicted octanol–water partition coefficient (Wildman–Crippen LogP) is 3.05. The number of esters is 1. The summed E-state index contributed by atoms with van der Waals surface area (Å²) in [5.41, 5.74) is 1.36. The second-order valence-electron chi connectivity index (χ2n) is 6.45. The number of amides is 1. The highest BCUT2D eigenvalue weighted by atomic mass is 18.2. The Morgan fingerprint density at radius 2 is 1.78 bits per heavy atom. The van der Waals surface area contributed by atoms with Crippen LogP contribution in [0.1, 0.15) is 37.5 Å². The molecule has 0 aliphatic carbocycles. The zero-order valence-corrected chi connectivity index (χ0v) is 14.5. The van der Waals surface area contributed by atoms with Crippen LogP contribution in [-0.2, 0) is 20.7 Å². The maximum Gasteiger partial charge on any atom is 0.408 e. The first-order valence-electron chi connectivity index (χ1n) is 7.36. The highest BCUT2D eigenvalue weighted by Crippen LogP contribution is 2.17. The van der Waals surface area contributed by atoms with Crippen molar-refractivity contribution in [1.29, 1.82) is 0 Å². The Morgan fingerprint density at radius 3 is 2.30 bits per heavy atom. The summed E-state index contributed by atoms with van der Waals surface area (Å²) >= 11 is 0. The minimum atomic E-state index is -1.02. The van der Waals surface area contributed by atoms with E-state index in [0.29, 0.717) is 5.56 Å². The van der Waals surface area contributed by atoms with Crippen molar-refractivity contribution in [2.45, 2.75) is 52.7 Å². The second-order valence-corrected chi connectivity index (χ2v) is 6.45. The molecule has 128 valence electrons. The molecule has 0 aromatic heterocycles. The fourth-order valence-corrected chi connectivity index (χ4v) is 2.00. The van der Waals surface area contributed by atoms with Crippen molar-refractivity contribution < 1.29 is 23.5 Å². The molecular formula is C17H24FNO4. The predicted molar refractivity (Wildman–Crippen MR) is 84.8 cm³/mol. The standard InChI is InChI=1S/C17H24FNO4/c1-10-7-12(13(18)8-11(10)2)9-14(15(20)22-6)19-16(21)23-17(3,4)5/h7-8,14H,9H2,1-6H3,(H,19,21)/t14-/m0/s1/i18-1. The Kier molecular flexibility index (Phi) is 6.12. The SMILES string of the molecule is COC(=O)[C@H](Cc1cc(C)c(C)cc1[18F])NC(=O)OC(C)(C)C. The van der Waals surface area contributed by atoms with Gasteiger partial charge >= 0.3 is 12.1 Å². The number of hydrogen-bond donors (Lipinski definition) is 1. The number of carbonyl (C=O) groups is 2. The van der Waals surface area contributed by atoms with Crippen LogP contribution in [0.2, 0.25) is 0 Å². The molecule has 1 rings (SSSR count). The molecule has 23 heavy (non-hydrogen) atoms. The van der Waals surface area contributed by atoms with E-state index in [-0.39, 0.29) is 6.42 Å². The average molecular weight is 324 g/mol. The summed E-state index contributed by atoms with van der Waals surface area (Å²) in [5, 5.41) is 2.43. The highest BCUT2D eigenvalue weighted by Gasteiger charge is 2.26. The van der Waals surface area contributed by atoms with E-state index in [9.17, 15) is 14.0 Å². The van der Waals surface area contributed by atoms with Gasteiger partial charge in [-0.2, -0.15) is 0 Å². The molecule has 1 amide bonds. The number of methoxy groups -OCH3 is 1. The maximum atomic E-state index is 14.1. The van der Waals surface area contributed by atoms with Crippen molar-refractivity contribution in [3.05, 3.63) is 34.6 Å². The molecule has 1 aromatic carbocycles. The Bertz CT molecular complexity index is 593. The number of hydrogen-bond acceptors (Lipinski definition) is 4. The fourth-order valence-electron chi connectivity index (χ4n) is 2.00. The number of carbonyl (C=O) groups excluding carboxylic acids is 2. The van der Waals surface area contributed by atoms with Crippen LogP contribution in [0.25, 0.3) is 0 Å². The van der Waals surface area contributed by atoms with Crippen LogP contribution < -0.4 is 5.32 Å². The lowest BCUT2D eigenvalue weighted by Gasteiger charge is -2.23. The van der Waals surface area contributed by atoms with Crippen LogP contribution in [0, 0.1) is 19.7 Å². The summed E-state index contributed by atoms with van der Waals surface area (Å²) in [6.45, 7) is 8.79. The number of nitrogens with one attached hydrogen (secondary N) is 1. The number of benzene rings is 1. The van der Waals surface area contributed by atoms with Crippen molar-refractivity contribution in [3.8, 4) is 0 Å². The average Bonchev–Trinajstić information content (AvgIpc) is 2.40. The van der Waals surface area contributed by atoms with Gasteiger partial charge in [-0.3, -0.25) is 0 Å². The van der Waals surface area contributed by atoms with Gasteiger partial charge < -0.3 is 14.8 Å². The van der Waals surface area contributed by atoms with Crippen LogP contribution >= 0.6 is 0 Å². The van der Waals surface area contributed by atoms with Gasteiger partial charge in [0.05, 0.1) is 7.11 Å². The largest absolute Gasteiger partial charge is 0.467 e. The molecule has 0 spiro atoms. The van der Waals surface area contributed by atoms with E-state index < -0.39 is 29.5 Å². The summed E-state index contributed by atoms with van der Waals surface area (Å²) in [7, 11) is 1.21. The third-order valence-corrected chi connectivity index (χ3v) is 3.26. The fraction of sp³-hybridized carbons (Fsp3) is 0.529. The molecule has 0 saturated heterocycles. The number of alkyl carbamates (subject to hydrolysis) is 1. The summed E-state index contributed by atoms with van der Waals surface area (Å²) in [6, 6.07) is 2.05. The zero-order valence-electron chi connectivity index (χ0n) is 14.5. The molecule has 1 N–H and O–H groups in total. The Balaban J connectivity index is 2.94. The van der Waals surface area contributed by atoms with Gasteiger partial charge in [0, 0.05) is 6.42 Å². The topological polar surface area (TPSA) is 64.6 Å². The third-order valence-electron chi connectivity index (χ3n) is 3.26. The lowest BCUT2D eigenvalue weighted by atomic mass is 10.00. The molecule has 0 unspecified atom stereocenters. The number of aryl methyl sites for hydroxylation is 2. The van der Waals surface area contributed by atoms with E-state index in [4.69, 9.17) is 4.74 Å². The van der Waals surface area contributed by atoms with Gasteiger partial charge in [0.25, 0.3) is 0 Å². The van der Waals surface area contributed by atoms with Gasteiger partial charge in [-0.25, -0.2) is 14.0 Å². The van der Waals surface area contributed by atoms with E-state index in [1.54, 1.807) is 33.8 Å². The molecular weight excluding hydrogens is 300 g/mol. The van der Waals surface area contributed by atoms with Crippen LogP contribution in [-0.4, -0.2) is 30.8 Å². The molecule has 0 aliphatic heterocycles. The zero-order chi connectivity index (χ0) is 17.8. The van der Waals surface area contributed by atoms with Crippen molar-refractivity contribution in [3.63, 3.8) is 0 Å². The van der Waals surface area contributed by atoms with Crippen LogP contribution in [0.5, 0.6) is 0 Å². The van der Waals surface area contributed by atoms with Crippen LogP contribution in [0.4, 0.5) is 9.18 Å². The third kappa shape index (κ3) is 5.88. The quantitative estimate of drug-likeness (QED) is 0.865. The molecule has 1 aromatic rings. The maximum absolute atomic E-state index is 14.1. The van der Waals surface area contributed by atoms with E-state index in [0.717, 1.165) is 11.1 Å². The van der Waals surface area contributed by atoms with Crippen LogP contribution in [0.15, 0.2) is 12.1 Å². The first-order chi connectivity index (χ1) is 10.5. The summed E-state index contributed by atoms with van der Waals surface area (Å²) < 4.78 is 23.9. The minimum Gasteiger partial charge on any atom is -0.467 e. The van der Waals surface area contributed by atoms with Gasteiger partial charge in [-0.05, 0) is 57.4 Å². The molecule has 6 heteroatoms. The van der Waals surface area contributed by atoms with Crippen LogP contribution in [0.3, 0.4) is 0 Å². The van der Waals surface area contributed by atoms with Gasteiger partial charge in [-0.1, -0.05) is 6.07 Å². The Morgan fingerprint density at radius 1 is 1.22 bits per heavy atom. The Hall–Kier alpha value is -2.11. The summed E-state index contributed by atoms with van der Waals surface area (Å²) in [4.78, 5) is 23.7. The Labute approximate surface area is 136 Å². The first-order valence-corrected chi connectivity index (χ1v) is 7.36. The van der Waals surface area contributed by atoms with E-state index in [2.05, 4.69) is 10.1 Å². The van der Waals surface area contributed by atoms with Crippen molar-refractivity contribution in [2.24, 2.45) is 0 Å². The summed E-state index contributed by atoms with van der Waals surface area (Å²) in [5.74, 6) is -1.08. The van der Waals surface area contributed by atoms with Crippen molar-refractivity contribution >= 4 is 12.1 Å². The molecule has 0 radical (unpaired) electrons. The number of halogens is 1. The first kappa shape index (κ1) is 18.9. The second kappa shape index (κ2) is 7.44. The van der Waals surface area contributed by atoms with Gasteiger partial charge in [-0.15, -0.1) is 0 Å². The normalized spacial score (nSPS) is 12.5. The molecule has 0 saturated carbocycles. The molecule has 0 fully saturated rings. The van der Waals surface area contributed by atoms with E-state index in [1.165, 1.54) is 13.2 Å². The molecule has 1 atom stereocenters. The smallest absolute Gasteiger partial charge is 0.408 e. The monoisotopic (exact) mass is 324 g/mol. The number of ether oxygens (including phenoxy) is 2. The number of rotatable bonds is 4. The minimum absolute atomic E-state index is 0.0150. The highest BCUT2D eigenvalue weighted by molar-refractivity contribution is 5.81. The van der Waals surface area contributed by atoms with Crippen molar-refractivity contribution in [2.75, 3.05) is 7.11 Å². The molecule has 0 heterocycles. The van der Waals surface area contributed by atoms with Gasteiger partial charge in [0.2, 0.25) is 0 Å². The molecule has 0 bridgehead atoms. The van der Waals surface area contributed by atoms with E-state index >= 15 is 0 Å². The lowest BCUT2D eigenvalue weighted by Crippen LogP contribution is -2.45.